The quantitative estimate of drug-likeness (QED) is 0.593. The van der Waals surface area contributed by atoms with Crippen molar-refractivity contribution in [2.24, 2.45) is 11.1 Å². The number of unbranched alkanes of at least 4 members (excludes halogenated alkanes) is 1. The van der Waals surface area contributed by atoms with Crippen molar-refractivity contribution >= 4 is 0 Å². The molecule has 1 fully saturated rings. The molecule has 0 aromatic rings. The zero-order valence-electron chi connectivity index (χ0n) is 8.94. The number of rotatable bonds is 7. The predicted molar refractivity (Wildman–Crippen MR) is 57.7 cm³/mol. The highest BCUT2D eigenvalue weighted by Gasteiger charge is 2.34. The van der Waals surface area contributed by atoms with Crippen molar-refractivity contribution in [3.63, 3.8) is 0 Å². The molecule has 0 aliphatic heterocycles. The molecule has 13 heavy (non-hydrogen) atoms. The van der Waals surface area contributed by atoms with E-state index in [0.717, 1.165) is 13.1 Å². The maximum absolute atomic E-state index is 5.78. The van der Waals surface area contributed by atoms with Crippen molar-refractivity contribution in [1.82, 2.24) is 5.32 Å². The first kappa shape index (κ1) is 11.0. The van der Waals surface area contributed by atoms with Crippen LogP contribution in [0.5, 0.6) is 0 Å². The molecule has 0 aromatic heterocycles. The number of hydrogen-bond donors (Lipinski definition) is 2. The minimum atomic E-state index is 0.527. The largest absolute Gasteiger partial charge is 0.330 e. The third-order valence-corrected chi connectivity index (χ3v) is 3.39. The van der Waals surface area contributed by atoms with E-state index in [0.29, 0.717) is 5.41 Å². The lowest BCUT2D eigenvalue weighted by Crippen LogP contribution is -2.39. The van der Waals surface area contributed by atoms with E-state index >= 15 is 0 Å². The Bertz CT molecular complexity index is 125. The first-order valence-electron chi connectivity index (χ1n) is 5.74. The van der Waals surface area contributed by atoms with Gasteiger partial charge in [-0.05, 0) is 50.7 Å². The molecule has 0 unspecified atom stereocenters. The van der Waals surface area contributed by atoms with Gasteiger partial charge in [0.05, 0.1) is 0 Å². The highest BCUT2D eigenvalue weighted by atomic mass is 14.8. The van der Waals surface area contributed by atoms with Crippen molar-refractivity contribution in [3.8, 4) is 0 Å². The van der Waals surface area contributed by atoms with E-state index in [1.165, 1.54) is 45.1 Å². The fourth-order valence-corrected chi connectivity index (χ4v) is 2.01. The lowest BCUT2D eigenvalue weighted by molar-refractivity contribution is 0.130. The summed E-state index contributed by atoms with van der Waals surface area (Å²) < 4.78 is 0. The standard InChI is InChI=1S/C11H24N2/c1-2-3-8-13-9-7-11(10-12)5-4-6-11/h13H,2-10,12H2,1H3. The van der Waals surface area contributed by atoms with Crippen molar-refractivity contribution < 1.29 is 0 Å². The molecular formula is C11H24N2. The van der Waals surface area contributed by atoms with Crippen LogP contribution in [-0.2, 0) is 0 Å². The summed E-state index contributed by atoms with van der Waals surface area (Å²) in [7, 11) is 0. The summed E-state index contributed by atoms with van der Waals surface area (Å²) in [6, 6.07) is 0. The number of nitrogens with two attached hydrogens (primary N) is 1. The molecule has 78 valence electrons. The number of hydrogen-bond acceptors (Lipinski definition) is 2. The predicted octanol–water partition coefficient (Wildman–Crippen LogP) is 1.90. The van der Waals surface area contributed by atoms with E-state index in [1.54, 1.807) is 0 Å². The molecule has 0 spiro atoms. The molecule has 2 nitrogen and oxygen atoms in total. The van der Waals surface area contributed by atoms with Gasteiger partial charge in [0, 0.05) is 0 Å². The molecule has 0 heterocycles. The van der Waals surface area contributed by atoms with E-state index in [1.807, 2.05) is 0 Å². The molecule has 0 atom stereocenters. The van der Waals surface area contributed by atoms with Crippen molar-refractivity contribution in [2.45, 2.75) is 45.4 Å². The summed E-state index contributed by atoms with van der Waals surface area (Å²) in [5.41, 5.74) is 6.31. The highest BCUT2D eigenvalue weighted by molar-refractivity contribution is 4.88. The second kappa shape index (κ2) is 5.61. The van der Waals surface area contributed by atoms with Crippen molar-refractivity contribution in [1.29, 1.82) is 0 Å². The molecule has 1 aliphatic rings. The third-order valence-electron chi connectivity index (χ3n) is 3.39. The molecule has 1 rings (SSSR count). The summed E-state index contributed by atoms with van der Waals surface area (Å²) in [6.07, 6.45) is 7.99. The van der Waals surface area contributed by atoms with Crippen LogP contribution in [0.25, 0.3) is 0 Å². The second-order valence-electron chi connectivity index (χ2n) is 4.41. The fraction of sp³-hybridized carbons (Fsp3) is 1.00. The van der Waals surface area contributed by atoms with Crippen LogP contribution in [0.1, 0.15) is 45.4 Å². The van der Waals surface area contributed by atoms with Crippen LogP contribution in [0.2, 0.25) is 0 Å². The van der Waals surface area contributed by atoms with Gasteiger partial charge in [-0.1, -0.05) is 19.8 Å². The van der Waals surface area contributed by atoms with Gasteiger partial charge in [0.1, 0.15) is 0 Å². The van der Waals surface area contributed by atoms with Gasteiger partial charge in [-0.3, -0.25) is 0 Å². The van der Waals surface area contributed by atoms with Crippen LogP contribution in [-0.4, -0.2) is 19.6 Å². The fourth-order valence-electron chi connectivity index (χ4n) is 2.01. The van der Waals surface area contributed by atoms with Crippen molar-refractivity contribution in [3.05, 3.63) is 0 Å². The Morgan fingerprint density at radius 1 is 1.31 bits per heavy atom. The first-order valence-corrected chi connectivity index (χ1v) is 5.74. The normalized spacial score (nSPS) is 19.8. The Labute approximate surface area is 82.3 Å². The molecule has 3 N–H and O–H groups in total. The van der Waals surface area contributed by atoms with E-state index < -0.39 is 0 Å². The molecule has 0 saturated heterocycles. The van der Waals surface area contributed by atoms with E-state index in [9.17, 15) is 0 Å². The lowest BCUT2D eigenvalue weighted by Gasteiger charge is -2.41. The SMILES string of the molecule is CCCCNCCC1(CN)CCC1. The van der Waals surface area contributed by atoms with Gasteiger partial charge in [-0.25, -0.2) is 0 Å². The van der Waals surface area contributed by atoms with Gasteiger partial charge >= 0.3 is 0 Å². The summed E-state index contributed by atoms with van der Waals surface area (Å²) in [5, 5.41) is 3.49. The van der Waals surface area contributed by atoms with E-state index in [4.69, 9.17) is 5.73 Å². The molecule has 0 radical (unpaired) electrons. The van der Waals surface area contributed by atoms with Crippen LogP contribution in [0.15, 0.2) is 0 Å². The lowest BCUT2D eigenvalue weighted by atomic mass is 9.67. The molecule has 1 saturated carbocycles. The van der Waals surface area contributed by atoms with Gasteiger partial charge in [-0.15, -0.1) is 0 Å². The van der Waals surface area contributed by atoms with Gasteiger partial charge in [0.2, 0.25) is 0 Å². The molecule has 2 heteroatoms. The Kier molecular flexibility index (Phi) is 4.74. The van der Waals surface area contributed by atoms with Crippen LogP contribution in [0.4, 0.5) is 0 Å². The summed E-state index contributed by atoms with van der Waals surface area (Å²) in [5.74, 6) is 0. The molecule has 1 aliphatic carbocycles. The van der Waals surface area contributed by atoms with Gasteiger partial charge in [-0.2, -0.15) is 0 Å². The minimum absolute atomic E-state index is 0.527. The maximum Gasteiger partial charge on any atom is -0.00201 e. The first-order chi connectivity index (χ1) is 6.33. The topological polar surface area (TPSA) is 38.0 Å². The van der Waals surface area contributed by atoms with Crippen LogP contribution in [0.3, 0.4) is 0 Å². The minimum Gasteiger partial charge on any atom is -0.330 e. The van der Waals surface area contributed by atoms with Crippen LogP contribution in [0, 0.1) is 5.41 Å². The summed E-state index contributed by atoms with van der Waals surface area (Å²) >= 11 is 0. The smallest absolute Gasteiger partial charge is 0.00201 e. The zero-order chi connectivity index (χ0) is 9.57. The van der Waals surface area contributed by atoms with E-state index in [-0.39, 0.29) is 0 Å². The van der Waals surface area contributed by atoms with E-state index in [2.05, 4.69) is 12.2 Å². The summed E-state index contributed by atoms with van der Waals surface area (Å²) in [6.45, 7) is 5.46. The Balaban J connectivity index is 1.98. The Morgan fingerprint density at radius 2 is 2.08 bits per heavy atom. The monoisotopic (exact) mass is 184 g/mol. The molecule has 0 amide bonds. The maximum atomic E-state index is 5.78. The molecular weight excluding hydrogens is 160 g/mol. The van der Waals surface area contributed by atoms with Gasteiger partial charge in [0.15, 0.2) is 0 Å². The van der Waals surface area contributed by atoms with Crippen LogP contribution < -0.4 is 11.1 Å². The van der Waals surface area contributed by atoms with Crippen molar-refractivity contribution in [2.75, 3.05) is 19.6 Å². The highest BCUT2D eigenvalue weighted by Crippen LogP contribution is 2.42. The molecule has 0 aromatic carbocycles. The molecule has 0 bridgehead atoms. The van der Waals surface area contributed by atoms with Gasteiger partial charge < -0.3 is 11.1 Å². The third kappa shape index (κ3) is 3.28. The zero-order valence-corrected chi connectivity index (χ0v) is 8.94. The second-order valence-corrected chi connectivity index (χ2v) is 4.41. The average molecular weight is 184 g/mol. The Hall–Kier alpha value is -0.0800. The average Bonchev–Trinajstić information content (AvgIpc) is 2.09. The summed E-state index contributed by atoms with van der Waals surface area (Å²) in [4.78, 5) is 0. The number of nitrogens with one attached hydrogen (secondary N) is 1. The van der Waals surface area contributed by atoms with Gasteiger partial charge in [0.25, 0.3) is 0 Å². The van der Waals surface area contributed by atoms with Crippen LogP contribution >= 0.6 is 0 Å². The Morgan fingerprint density at radius 3 is 2.54 bits per heavy atom.